The number of benzene rings is 1. The molecule has 0 spiro atoms. The van der Waals surface area contributed by atoms with Crippen LogP contribution in [0.25, 0.3) is 0 Å². The molecule has 1 N–H and O–H groups in total. The van der Waals surface area contributed by atoms with Crippen molar-refractivity contribution in [2.75, 3.05) is 20.8 Å². The summed E-state index contributed by atoms with van der Waals surface area (Å²) >= 11 is 3.26. The van der Waals surface area contributed by atoms with Crippen LogP contribution in [0.15, 0.2) is 16.6 Å². The third kappa shape index (κ3) is 3.45. The van der Waals surface area contributed by atoms with Crippen LogP contribution in [0, 0.1) is 0 Å². The zero-order valence-electron chi connectivity index (χ0n) is 9.45. The van der Waals surface area contributed by atoms with E-state index in [2.05, 4.69) is 21.2 Å². The first-order valence-corrected chi connectivity index (χ1v) is 5.57. The maximum absolute atomic E-state index is 11.1. The second kappa shape index (κ2) is 6.24. The maximum atomic E-state index is 11.1. The van der Waals surface area contributed by atoms with E-state index in [-0.39, 0.29) is 12.5 Å². The number of carbonyl (C=O) groups excluding carboxylic acids is 2. The number of carbonyl (C=O) groups is 2. The van der Waals surface area contributed by atoms with Crippen LogP contribution in [0.1, 0.15) is 10.4 Å². The molecule has 1 rings (SSSR count). The van der Waals surface area contributed by atoms with E-state index in [4.69, 9.17) is 9.47 Å². The Labute approximate surface area is 107 Å². The highest BCUT2D eigenvalue weighted by Crippen LogP contribution is 2.36. The van der Waals surface area contributed by atoms with Crippen LogP contribution in [0.5, 0.6) is 11.5 Å². The molecule has 92 valence electrons. The Morgan fingerprint density at radius 3 is 2.76 bits per heavy atom. The standard InChI is InChI=1S/C11H12BrNO4/c1-13-10(15)6-17-11-8(12)3-7(5-14)4-9(11)16-2/h3-5H,6H2,1-2H3,(H,13,15). The van der Waals surface area contributed by atoms with Crippen molar-refractivity contribution in [1.29, 1.82) is 0 Å². The van der Waals surface area contributed by atoms with Gasteiger partial charge in [-0.2, -0.15) is 0 Å². The molecule has 0 bridgehead atoms. The molecule has 17 heavy (non-hydrogen) atoms. The van der Waals surface area contributed by atoms with Crippen molar-refractivity contribution in [2.24, 2.45) is 0 Å². The van der Waals surface area contributed by atoms with Gasteiger partial charge in [0.05, 0.1) is 11.6 Å². The monoisotopic (exact) mass is 301 g/mol. The van der Waals surface area contributed by atoms with E-state index in [1.165, 1.54) is 20.2 Å². The first kappa shape index (κ1) is 13.5. The predicted molar refractivity (Wildman–Crippen MR) is 65.6 cm³/mol. The molecule has 0 radical (unpaired) electrons. The smallest absolute Gasteiger partial charge is 0.257 e. The molecule has 6 heteroatoms. The molecule has 5 nitrogen and oxygen atoms in total. The number of hydrogen-bond donors (Lipinski definition) is 1. The van der Waals surface area contributed by atoms with Gasteiger partial charge < -0.3 is 14.8 Å². The Morgan fingerprint density at radius 2 is 2.24 bits per heavy atom. The number of halogens is 1. The zero-order chi connectivity index (χ0) is 12.8. The summed E-state index contributed by atoms with van der Waals surface area (Å²) in [6, 6.07) is 3.13. The number of nitrogens with one attached hydrogen (secondary N) is 1. The number of aldehydes is 1. The van der Waals surface area contributed by atoms with Gasteiger partial charge in [0, 0.05) is 12.6 Å². The van der Waals surface area contributed by atoms with Crippen molar-refractivity contribution in [1.82, 2.24) is 5.32 Å². The van der Waals surface area contributed by atoms with Crippen molar-refractivity contribution in [3.05, 3.63) is 22.2 Å². The fourth-order valence-electron chi connectivity index (χ4n) is 1.16. The lowest BCUT2D eigenvalue weighted by Gasteiger charge is -2.12. The van der Waals surface area contributed by atoms with Crippen LogP contribution < -0.4 is 14.8 Å². The van der Waals surface area contributed by atoms with Crippen LogP contribution in [0.3, 0.4) is 0 Å². The number of hydrogen-bond acceptors (Lipinski definition) is 4. The summed E-state index contributed by atoms with van der Waals surface area (Å²) in [5, 5.41) is 2.44. The van der Waals surface area contributed by atoms with E-state index >= 15 is 0 Å². The highest BCUT2D eigenvalue weighted by Gasteiger charge is 2.12. The molecule has 0 aliphatic rings. The summed E-state index contributed by atoms with van der Waals surface area (Å²) in [5.41, 5.74) is 0.459. The van der Waals surface area contributed by atoms with Crippen molar-refractivity contribution in [3.8, 4) is 11.5 Å². The van der Waals surface area contributed by atoms with E-state index in [1.807, 2.05) is 0 Å². The summed E-state index contributed by atoms with van der Waals surface area (Å²) in [4.78, 5) is 21.7. The molecule has 0 saturated carbocycles. The number of ether oxygens (including phenoxy) is 2. The van der Waals surface area contributed by atoms with Crippen molar-refractivity contribution < 1.29 is 19.1 Å². The second-order valence-electron chi connectivity index (χ2n) is 3.11. The average molecular weight is 302 g/mol. The molecule has 1 aromatic rings. The fraction of sp³-hybridized carbons (Fsp3) is 0.273. The molecule has 0 aromatic heterocycles. The van der Waals surface area contributed by atoms with E-state index in [0.717, 1.165) is 0 Å². The quantitative estimate of drug-likeness (QED) is 0.835. The lowest BCUT2D eigenvalue weighted by molar-refractivity contribution is -0.122. The van der Waals surface area contributed by atoms with E-state index in [0.29, 0.717) is 27.8 Å². The first-order chi connectivity index (χ1) is 8.12. The maximum Gasteiger partial charge on any atom is 0.257 e. The average Bonchev–Trinajstić information content (AvgIpc) is 2.35. The van der Waals surface area contributed by atoms with Crippen LogP contribution in [0.4, 0.5) is 0 Å². The van der Waals surface area contributed by atoms with Gasteiger partial charge in [0.1, 0.15) is 6.29 Å². The first-order valence-electron chi connectivity index (χ1n) is 4.78. The summed E-state index contributed by atoms with van der Waals surface area (Å²) in [6.07, 6.45) is 0.704. The Bertz CT molecular complexity index is 434. The third-order valence-electron chi connectivity index (χ3n) is 2.01. The lowest BCUT2D eigenvalue weighted by Crippen LogP contribution is -2.25. The van der Waals surface area contributed by atoms with Gasteiger partial charge in [0.2, 0.25) is 0 Å². The number of likely N-dealkylation sites (N-methyl/N-ethyl adjacent to an activating group) is 1. The Kier molecular flexibility index (Phi) is 4.96. The van der Waals surface area contributed by atoms with Gasteiger partial charge in [-0.15, -0.1) is 0 Å². The molecule has 0 atom stereocenters. The van der Waals surface area contributed by atoms with Crippen LogP contribution in [-0.4, -0.2) is 33.0 Å². The van der Waals surface area contributed by atoms with Gasteiger partial charge in [-0.3, -0.25) is 9.59 Å². The minimum atomic E-state index is -0.251. The van der Waals surface area contributed by atoms with Gasteiger partial charge in [0.25, 0.3) is 5.91 Å². The van der Waals surface area contributed by atoms with Gasteiger partial charge in [-0.25, -0.2) is 0 Å². The van der Waals surface area contributed by atoms with Crippen LogP contribution in [0.2, 0.25) is 0 Å². The Hall–Kier alpha value is -1.56. The van der Waals surface area contributed by atoms with Crippen LogP contribution in [-0.2, 0) is 4.79 Å². The van der Waals surface area contributed by atoms with Crippen molar-refractivity contribution in [2.45, 2.75) is 0 Å². The zero-order valence-corrected chi connectivity index (χ0v) is 11.0. The third-order valence-corrected chi connectivity index (χ3v) is 2.60. The number of methoxy groups -OCH3 is 1. The summed E-state index contributed by atoms with van der Waals surface area (Å²) in [6.45, 7) is -0.119. The van der Waals surface area contributed by atoms with Crippen LogP contribution >= 0.6 is 15.9 Å². The minimum absolute atomic E-state index is 0.119. The molecule has 0 heterocycles. The highest BCUT2D eigenvalue weighted by atomic mass is 79.9. The Balaban J connectivity index is 2.97. The second-order valence-corrected chi connectivity index (χ2v) is 3.97. The van der Waals surface area contributed by atoms with E-state index in [9.17, 15) is 9.59 Å². The van der Waals surface area contributed by atoms with Gasteiger partial charge >= 0.3 is 0 Å². The molecule has 0 saturated heterocycles. The van der Waals surface area contributed by atoms with Gasteiger partial charge in [0.15, 0.2) is 18.1 Å². The number of rotatable bonds is 5. The Morgan fingerprint density at radius 1 is 1.53 bits per heavy atom. The topological polar surface area (TPSA) is 64.6 Å². The van der Waals surface area contributed by atoms with E-state index < -0.39 is 0 Å². The molecule has 0 fully saturated rings. The number of amides is 1. The predicted octanol–water partition coefficient (Wildman–Crippen LogP) is 1.39. The summed E-state index contributed by atoms with van der Waals surface area (Å²) in [5.74, 6) is 0.533. The molecule has 1 amide bonds. The summed E-state index contributed by atoms with van der Waals surface area (Å²) < 4.78 is 11.0. The molecule has 0 aliphatic carbocycles. The van der Waals surface area contributed by atoms with Crippen molar-refractivity contribution in [3.63, 3.8) is 0 Å². The summed E-state index contributed by atoms with van der Waals surface area (Å²) in [7, 11) is 2.98. The fourth-order valence-corrected chi connectivity index (χ4v) is 1.73. The molecule has 0 aliphatic heterocycles. The van der Waals surface area contributed by atoms with Gasteiger partial charge in [-0.05, 0) is 28.1 Å². The van der Waals surface area contributed by atoms with Gasteiger partial charge in [-0.1, -0.05) is 0 Å². The molecular formula is C11H12BrNO4. The largest absolute Gasteiger partial charge is 0.493 e. The molecule has 0 unspecified atom stereocenters. The minimum Gasteiger partial charge on any atom is -0.493 e. The van der Waals surface area contributed by atoms with E-state index in [1.54, 1.807) is 6.07 Å². The SMILES string of the molecule is CNC(=O)COc1c(Br)cc(C=O)cc1OC. The lowest BCUT2D eigenvalue weighted by atomic mass is 10.2. The molecular weight excluding hydrogens is 290 g/mol. The highest BCUT2D eigenvalue weighted by molar-refractivity contribution is 9.10. The molecule has 1 aromatic carbocycles. The van der Waals surface area contributed by atoms with Crippen molar-refractivity contribution >= 4 is 28.1 Å². The normalized spacial score (nSPS) is 9.59.